The van der Waals surface area contributed by atoms with Crippen molar-refractivity contribution in [1.29, 1.82) is 0 Å². The molecule has 0 saturated heterocycles. The largest absolute Gasteiger partial charge is 0.508 e. The van der Waals surface area contributed by atoms with Crippen LogP contribution in [0, 0.1) is 6.92 Å². The number of aromatic nitrogens is 1. The molecule has 2 aromatic heterocycles. The summed E-state index contributed by atoms with van der Waals surface area (Å²) in [6.07, 6.45) is 1.39. The average molecular weight is 259 g/mol. The minimum atomic E-state index is -0.125. The van der Waals surface area contributed by atoms with E-state index in [2.05, 4.69) is 4.98 Å². The van der Waals surface area contributed by atoms with Gasteiger partial charge < -0.3 is 9.52 Å². The second-order valence-electron chi connectivity index (χ2n) is 3.99. The molecule has 0 radical (unpaired) electrons. The zero-order valence-electron chi connectivity index (χ0n) is 9.51. The van der Waals surface area contributed by atoms with E-state index < -0.39 is 0 Å². The second kappa shape index (κ2) is 3.96. The van der Waals surface area contributed by atoms with Crippen LogP contribution in [0.25, 0.3) is 22.2 Å². The van der Waals surface area contributed by atoms with Crippen molar-refractivity contribution in [3.05, 3.63) is 45.1 Å². The highest BCUT2D eigenvalue weighted by atomic mass is 32.1. The predicted molar refractivity (Wildman–Crippen MR) is 70.0 cm³/mol. The Morgan fingerprint density at radius 2 is 2.22 bits per heavy atom. The maximum atomic E-state index is 12.4. The van der Waals surface area contributed by atoms with Gasteiger partial charge >= 0.3 is 0 Å². The first-order chi connectivity index (χ1) is 8.66. The maximum Gasteiger partial charge on any atom is 0.202 e. The van der Waals surface area contributed by atoms with Gasteiger partial charge in [-0.05, 0) is 18.6 Å². The van der Waals surface area contributed by atoms with E-state index in [0.29, 0.717) is 27.8 Å². The molecule has 1 N–H and O–H groups in total. The molecule has 90 valence electrons. The molecular formula is C13H9NO3S. The molecule has 1 aromatic carbocycles. The molecule has 0 amide bonds. The Labute approximate surface area is 106 Å². The molecule has 0 saturated carbocycles. The van der Waals surface area contributed by atoms with Crippen molar-refractivity contribution in [2.45, 2.75) is 6.92 Å². The highest BCUT2D eigenvalue weighted by Gasteiger charge is 2.13. The molecule has 5 heteroatoms. The summed E-state index contributed by atoms with van der Waals surface area (Å²) in [5.74, 6) is 0.0876. The smallest absolute Gasteiger partial charge is 0.202 e. The molecule has 4 nitrogen and oxygen atoms in total. The van der Waals surface area contributed by atoms with E-state index in [0.717, 1.165) is 0 Å². The molecule has 0 spiro atoms. The van der Waals surface area contributed by atoms with E-state index in [-0.39, 0.29) is 11.2 Å². The van der Waals surface area contributed by atoms with E-state index >= 15 is 0 Å². The summed E-state index contributed by atoms with van der Waals surface area (Å²) in [5.41, 5.74) is 3.68. The lowest BCUT2D eigenvalue weighted by molar-refractivity contribution is 0.473. The first kappa shape index (κ1) is 11.0. The molecule has 0 unspecified atom stereocenters. The van der Waals surface area contributed by atoms with Crippen molar-refractivity contribution in [3.63, 3.8) is 0 Å². The van der Waals surface area contributed by atoms with Crippen LogP contribution in [0.1, 0.15) is 5.56 Å². The van der Waals surface area contributed by atoms with Gasteiger partial charge in [-0.3, -0.25) is 4.79 Å². The summed E-state index contributed by atoms with van der Waals surface area (Å²) in [6, 6.07) is 2.98. The van der Waals surface area contributed by atoms with Gasteiger partial charge in [-0.1, -0.05) is 0 Å². The normalized spacial score (nSPS) is 10.9. The third-order valence-electron chi connectivity index (χ3n) is 2.77. The van der Waals surface area contributed by atoms with Crippen LogP contribution in [0.4, 0.5) is 0 Å². The Hall–Kier alpha value is -2.14. The molecule has 0 aliphatic heterocycles. The second-order valence-corrected chi connectivity index (χ2v) is 4.71. The zero-order valence-corrected chi connectivity index (χ0v) is 10.3. The minimum absolute atomic E-state index is 0.0876. The summed E-state index contributed by atoms with van der Waals surface area (Å²) in [6.45, 7) is 1.77. The van der Waals surface area contributed by atoms with Gasteiger partial charge in [0.1, 0.15) is 17.6 Å². The molecular weight excluding hydrogens is 250 g/mol. The lowest BCUT2D eigenvalue weighted by Gasteiger charge is -2.03. The quantitative estimate of drug-likeness (QED) is 0.729. The zero-order chi connectivity index (χ0) is 12.7. The van der Waals surface area contributed by atoms with Crippen LogP contribution in [-0.2, 0) is 0 Å². The van der Waals surface area contributed by atoms with Crippen molar-refractivity contribution in [2.75, 3.05) is 0 Å². The van der Waals surface area contributed by atoms with Crippen molar-refractivity contribution < 1.29 is 9.52 Å². The van der Waals surface area contributed by atoms with Crippen LogP contribution in [-0.4, -0.2) is 10.1 Å². The van der Waals surface area contributed by atoms with Crippen molar-refractivity contribution in [1.82, 2.24) is 4.98 Å². The number of aromatic hydroxyl groups is 1. The Balaban J connectivity index is 2.40. The van der Waals surface area contributed by atoms with Crippen LogP contribution in [0.15, 0.2) is 38.5 Å². The van der Waals surface area contributed by atoms with Gasteiger partial charge in [-0.2, -0.15) is 0 Å². The molecule has 3 aromatic rings. The number of thiazole rings is 1. The lowest BCUT2D eigenvalue weighted by Crippen LogP contribution is -2.06. The number of benzene rings is 1. The third kappa shape index (κ3) is 1.60. The van der Waals surface area contributed by atoms with E-state index in [4.69, 9.17) is 4.42 Å². The molecule has 0 aliphatic carbocycles. The molecule has 0 bridgehead atoms. The van der Waals surface area contributed by atoms with Gasteiger partial charge in [0, 0.05) is 11.4 Å². The number of phenolic OH excluding ortho intramolecular Hbond substituents is 1. The fourth-order valence-electron chi connectivity index (χ4n) is 1.95. The molecule has 18 heavy (non-hydrogen) atoms. The van der Waals surface area contributed by atoms with Crippen molar-refractivity contribution in [2.24, 2.45) is 0 Å². The summed E-state index contributed by atoms with van der Waals surface area (Å²) < 4.78 is 5.41. The summed E-state index contributed by atoms with van der Waals surface area (Å²) in [7, 11) is 0. The summed E-state index contributed by atoms with van der Waals surface area (Å²) in [5, 5.41) is 11.8. The molecule has 3 rings (SSSR count). The van der Waals surface area contributed by atoms with E-state index in [1.807, 2.05) is 0 Å². The van der Waals surface area contributed by atoms with Gasteiger partial charge in [0.2, 0.25) is 5.43 Å². The van der Waals surface area contributed by atoms with Gasteiger partial charge in [-0.25, -0.2) is 4.98 Å². The number of aryl methyl sites for hydroxylation is 1. The van der Waals surface area contributed by atoms with E-state index in [9.17, 15) is 9.90 Å². The van der Waals surface area contributed by atoms with Gasteiger partial charge in [0.15, 0.2) is 0 Å². The van der Waals surface area contributed by atoms with Crippen LogP contribution in [0.3, 0.4) is 0 Å². The third-order valence-corrected chi connectivity index (χ3v) is 3.35. The first-order valence-corrected chi connectivity index (χ1v) is 6.25. The van der Waals surface area contributed by atoms with Gasteiger partial charge in [0.25, 0.3) is 0 Å². The molecule has 0 fully saturated rings. The van der Waals surface area contributed by atoms with Crippen LogP contribution >= 0.6 is 11.3 Å². The topological polar surface area (TPSA) is 63.3 Å². The number of hydrogen-bond acceptors (Lipinski definition) is 5. The van der Waals surface area contributed by atoms with Crippen LogP contribution in [0.2, 0.25) is 0 Å². The SMILES string of the molecule is Cc1cc(O)cc2occ(-c3cscn3)c(=O)c12. The minimum Gasteiger partial charge on any atom is -0.508 e. The molecule has 2 heterocycles. The standard InChI is InChI=1S/C13H9NO3S/c1-7-2-8(15)3-11-12(7)13(16)9(4-17-11)10-5-18-6-14-10/h2-6,15H,1H3. The number of rotatable bonds is 1. The van der Waals surface area contributed by atoms with E-state index in [1.165, 1.54) is 23.7 Å². The Bertz CT molecular complexity index is 775. The van der Waals surface area contributed by atoms with Crippen LogP contribution in [0.5, 0.6) is 5.75 Å². The number of nitrogens with zero attached hydrogens (tertiary/aromatic N) is 1. The molecule has 0 aliphatic rings. The highest BCUT2D eigenvalue weighted by molar-refractivity contribution is 7.07. The van der Waals surface area contributed by atoms with Gasteiger partial charge in [-0.15, -0.1) is 11.3 Å². The summed E-state index contributed by atoms with van der Waals surface area (Å²) >= 11 is 1.42. The number of fused-ring (bicyclic) bond motifs is 1. The highest BCUT2D eigenvalue weighted by Crippen LogP contribution is 2.25. The average Bonchev–Trinajstić information content (AvgIpc) is 2.81. The predicted octanol–water partition coefficient (Wildman–Crippen LogP) is 2.93. The number of phenols is 1. The Morgan fingerprint density at radius 3 is 2.94 bits per heavy atom. The lowest BCUT2D eigenvalue weighted by atomic mass is 10.1. The van der Waals surface area contributed by atoms with E-state index in [1.54, 1.807) is 23.9 Å². The number of hydrogen-bond donors (Lipinski definition) is 1. The maximum absolute atomic E-state index is 12.4. The Morgan fingerprint density at radius 1 is 1.39 bits per heavy atom. The fourth-order valence-corrected chi connectivity index (χ4v) is 2.51. The van der Waals surface area contributed by atoms with Crippen molar-refractivity contribution in [3.8, 4) is 17.0 Å². The van der Waals surface area contributed by atoms with Crippen molar-refractivity contribution >= 4 is 22.3 Å². The first-order valence-electron chi connectivity index (χ1n) is 5.30. The fraction of sp³-hybridized carbons (Fsp3) is 0.0769. The van der Waals surface area contributed by atoms with Crippen LogP contribution < -0.4 is 5.43 Å². The molecule has 0 atom stereocenters. The monoisotopic (exact) mass is 259 g/mol. The Kier molecular flexibility index (Phi) is 2.41. The summed E-state index contributed by atoms with van der Waals surface area (Å²) in [4.78, 5) is 16.5. The van der Waals surface area contributed by atoms with Gasteiger partial charge in [0.05, 0.1) is 22.2 Å².